The highest BCUT2D eigenvalue weighted by Crippen LogP contribution is 2.40. The van der Waals surface area contributed by atoms with Crippen LogP contribution >= 0.6 is 0 Å². The SMILES string of the molecule is Cc1ccccc1Cc1ncc(C(=O)O)c(C2CC2)n1. The molecular formula is C16H16N2O2. The lowest BCUT2D eigenvalue weighted by molar-refractivity contribution is 0.0694. The van der Waals surface area contributed by atoms with Crippen molar-refractivity contribution in [2.75, 3.05) is 0 Å². The number of benzene rings is 1. The minimum absolute atomic E-state index is 0.251. The second-order valence-corrected chi connectivity index (χ2v) is 5.27. The Kier molecular flexibility index (Phi) is 3.22. The second kappa shape index (κ2) is 5.04. The van der Waals surface area contributed by atoms with Crippen LogP contribution in [0.1, 0.15) is 51.8 Å². The summed E-state index contributed by atoms with van der Waals surface area (Å²) in [6.07, 6.45) is 4.16. The maximum absolute atomic E-state index is 11.2. The van der Waals surface area contributed by atoms with Gasteiger partial charge in [0.05, 0.1) is 11.3 Å². The number of carboxylic acid groups (broad SMARTS) is 1. The van der Waals surface area contributed by atoms with E-state index in [1.165, 1.54) is 17.3 Å². The number of carbonyl (C=O) groups is 1. The first kappa shape index (κ1) is 12.8. The largest absolute Gasteiger partial charge is 0.478 e. The molecule has 0 unspecified atom stereocenters. The van der Waals surface area contributed by atoms with Crippen LogP contribution in [0.15, 0.2) is 30.5 Å². The van der Waals surface area contributed by atoms with Crippen molar-refractivity contribution in [1.82, 2.24) is 9.97 Å². The third-order valence-corrected chi connectivity index (χ3v) is 3.67. The monoisotopic (exact) mass is 268 g/mol. The molecule has 3 rings (SSSR count). The molecule has 0 amide bonds. The maximum Gasteiger partial charge on any atom is 0.339 e. The fourth-order valence-corrected chi connectivity index (χ4v) is 2.33. The van der Waals surface area contributed by atoms with Gasteiger partial charge in [0.15, 0.2) is 0 Å². The smallest absolute Gasteiger partial charge is 0.339 e. The average molecular weight is 268 g/mol. The summed E-state index contributed by atoms with van der Waals surface area (Å²) >= 11 is 0. The number of rotatable bonds is 4. The standard InChI is InChI=1S/C16H16N2O2/c1-10-4-2-3-5-12(10)8-14-17-9-13(16(19)20)15(18-14)11-6-7-11/h2-5,9,11H,6-8H2,1H3,(H,19,20). The van der Waals surface area contributed by atoms with E-state index in [9.17, 15) is 9.90 Å². The van der Waals surface area contributed by atoms with Gasteiger partial charge in [-0.15, -0.1) is 0 Å². The third kappa shape index (κ3) is 2.54. The Morgan fingerprint density at radius 2 is 2.10 bits per heavy atom. The normalized spacial score (nSPS) is 14.2. The van der Waals surface area contributed by atoms with E-state index in [4.69, 9.17) is 0 Å². The minimum atomic E-state index is -0.936. The number of hydrogen-bond acceptors (Lipinski definition) is 3. The van der Waals surface area contributed by atoms with Gasteiger partial charge in [-0.2, -0.15) is 0 Å². The van der Waals surface area contributed by atoms with E-state index in [1.807, 2.05) is 12.1 Å². The number of aromatic carboxylic acids is 1. The summed E-state index contributed by atoms with van der Waals surface area (Å²) in [5.41, 5.74) is 3.33. The summed E-state index contributed by atoms with van der Waals surface area (Å²) in [6.45, 7) is 2.06. The van der Waals surface area contributed by atoms with E-state index in [2.05, 4.69) is 29.0 Å². The quantitative estimate of drug-likeness (QED) is 0.926. The summed E-state index contributed by atoms with van der Waals surface area (Å²) in [4.78, 5) is 19.9. The van der Waals surface area contributed by atoms with Gasteiger partial charge >= 0.3 is 5.97 Å². The molecule has 4 heteroatoms. The van der Waals surface area contributed by atoms with Crippen molar-refractivity contribution in [1.29, 1.82) is 0 Å². The summed E-state index contributed by atoms with van der Waals surface area (Å²) in [5, 5.41) is 9.19. The van der Waals surface area contributed by atoms with Gasteiger partial charge < -0.3 is 5.11 Å². The molecule has 1 heterocycles. The molecule has 0 bridgehead atoms. The molecule has 1 aliphatic carbocycles. The van der Waals surface area contributed by atoms with E-state index < -0.39 is 5.97 Å². The molecule has 1 aromatic heterocycles. The van der Waals surface area contributed by atoms with Crippen LogP contribution in [0.25, 0.3) is 0 Å². The van der Waals surface area contributed by atoms with Crippen LogP contribution < -0.4 is 0 Å². The van der Waals surface area contributed by atoms with Crippen LogP contribution in [0.3, 0.4) is 0 Å². The van der Waals surface area contributed by atoms with Gasteiger partial charge in [0, 0.05) is 18.5 Å². The summed E-state index contributed by atoms with van der Waals surface area (Å²) in [5.74, 6) is 0.0697. The zero-order valence-electron chi connectivity index (χ0n) is 11.3. The molecular weight excluding hydrogens is 252 g/mol. The van der Waals surface area contributed by atoms with Crippen molar-refractivity contribution >= 4 is 5.97 Å². The lowest BCUT2D eigenvalue weighted by atomic mass is 10.1. The molecule has 0 atom stereocenters. The summed E-state index contributed by atoms with van der Waals surface area (Å²) < 4.78 is 0. The number of aromatic nitrogens is 2. The first-order valence-electron chi connectivity index (χ1n) is 6.79. The molecule has 20 heavy (non-hydrogen) atoms. The molecule has 1 saturated carbocycles. The Bertz CT molecular complexity index is 663. The molecule has 1 N–H and O–H groups in total. The van der Waals surface area contributed by atoms with E-state index in [0.29, 0.717) is 23.9 Å². The molecule has 1 aromatic carbocycles. The van der Waals surface area contributed by atoms with Crippen LogP contribution in [-0.4, -0.2) is 21.0 Å². The Morgan fingerprint density at radius 3 is 2.75 bits per heavy atom. The van der Waals surface area contributed by atoms with Gasteiger partial charge in [0.2, 0.25) is 0 Å². The molecule has 102 valence electrons. The van der Waals surface area contributed by atoms with Crippen molar-refractivity contribution in [3.8, 4) is 0 Å². The molecule has 2 aromatic rings. The molecule has 0 spiro atoms. The van der Waals surface area contributed by atoms with Crippen molar-refractivity contribution < 1.29 is 9.90 Å². The lowest BCUT2D eigenvalue weighted by Gasteiger charge is -2.08. The van der Waals surface area contributed by atoms with Gasteiger partial charge in [-0.05, 0) is 30.9 Å². The molecule has 0 saturated heterocycles. The Hall–Kier alpha value is -2.23. The fourth-order valence-electron chi connectivity index (χ4n) is 2.33. The lowest BCUT2D eigenvalue weighted by Crippen LogP contribution is -2.09. The highest BCUT2D eigenvalue weighted by molar-refractivity contribution is 5.88. The second-order valence-electron chi connectivity index (χ2n) is 5.27. The molecule has 1 fully saturated rings. The first-order valence-corrected chi connectivity index (χ1v) is 6.79. The minimum Gasteiger partial charge on any atom is -0.478 e. The zero-order chi connectivity index (χ0) is 14.1. The van der Waals surface area contributed by atoms with Crippen LogP contribution in [-0.2, 0) is 6.42 Å². The van der Waals surface area contributed by atoms with Crippen LogP contribution in [0, 0.1) is 6.92 Å². The van der Waals surface area contributed by atoms with Gasteiger partial charge in [0.25, 0.3) is 0 Å². The van der Waals surface area contributed by atoms with E-state index in [0.717, 1.165) is 12.8 Å². The topological polar surface area (TPSA) is 63.1 Å². The van der Waals surface area contributed by atoms with Crippen molar-refractivity contribution in [2.45, 2.75) is 32.1 Å². The molecule has 1 aliphatic rings. The maximum atomic E-state index is 11.2. The van der Waals surface area contributed by atoms with Crippen LogP contribution in [0.2, 0.25) is 0 Å². The van der Waals surface area contributed by atoms with Gasteiger partial charge in [-0.25, -0.2) is 14.8 Å². The third-order valence-electron chi connectivity index (χ3n) is 3.67. The van der Waals surface area contributed by atoms with Gasteiger partial charge in [0.1, 0.15) is 5.82 Å². The number of aryl methyl sites for hydroxylation is 1. The van der Waals surface area contributed by atoms with Gasteiger partial charge in [-0.1, -0.05) is 24.3 Å². The van der Waals surface area contributed by atoms with Crippen LogP contribution in [0.4, 0.5) is 0 Å². The Labute approximate surface area is 117 Å². The summed E-state index contributed by atoms with van der Waals surface area (Å²) in [6, 6.07) is 8.11. The number of nitrogens with zero attached hydrogens (tertiary/aromatic N) is 2. The number of carboxylic acids is 1. The van der Waals surface area contributed by atoms with E-state index >= 15 is 0 Å². The number of hydrogen-bond donors (Lipinski definition) is 1. The fraction of sp³-hybridized carbons (Fsp3) is 0.312. The molecule has 0 radical (unpaired) electrons. The van der Waals surface area contributed by atoms with Gasteiger partial charge in [-0.3, -0.25) is 0 Å². The van der Waals surface area contributed by atoms with Crippen molar-refractivity contribution in [3.63, 3.8) is 0 Å². The zero-order valence-corrected chi connectivity index (χ0v) is 11.3. The van der Waals surface area contributed by atoms with E-state index in [-0.39, 0.29) is 5.56 Å². The molecule has 0 aliphatic heterocycles. The Balaban J connectivity index is 1.93. The summed E-state index contributed by atoms with van der Waals surface area (Å²) in [7, 11) is 0. The highest BCUT2D eigenvalue weighted by Gasteiger charge is 2.30. The van der Waals surface area contributed by atoms with Crippen molar-refractivity contribution in [2.24, 2.45) is 0 Å². The van der Waals surface area contributed by atoms with Crippen LogP contribution in [0.5, 0.6) is 0 Å². The first-order chi connectivity index (χ1) is 9.65. The average Bonchev–Trinajstić information content (AvgIpc) is 3.25. The van der Waals surface area contributed by atoms with Crippen molar-refractivity contribution in [3.05, 3.63) is 58.7 Å². The predicted octanol–water partition coefficient (Wildman–Crippen LogP) is 2.95. The Morgan fingerprint density at radius 1 is 1.35 bits per heavy atom. The highest BCUT2D eigenvalue weighted by atomic mass is 16.4. The molecule has 4 nitrogen and oxygen atoms in total. The van der Waals surface area contributed by atoms with E-state index in [1.54, 1.807) is 0 Å². The predicted molar refractivity (Wildman–Crippen MR) is 75.0 cm³/mol.